The number of halogens is 3. The molecular weight excluding hydrogens is 572 g/mol. The average Bonchev–Trinajstić information content (AvgIpc) is 3.46. The monoisotopic (exact) mass is 591 g/mol. The summed E-state index contributed by atoms with van der Waals surface area (Å²) in [4.78, 5) is 35.1. The van der Waals surface area contributed by atoms with E-state index < -0.39 is 34.1 Å². The molecule has 1 saturated carbocycles. The quantitative estimate of drug-likeness (QED) is 0.345. The first-order chi connectivity index (χ1) is 18.9. The number of hydrogen-bond acceptors (Lipinski definition) is 8. The summed E-state index contributed by atoms with van der Waals surface area (Å²) in [5.74, 6) is -1.09. The van der Waals surface area contributed by atoms with Gasteiger partial charge in [0.2, 0.25) is 5.91 Å². The SMILES string of the molecule is CS(=O)(=O)Cc1ccc(-c2nn(CC(=O)N(c3ccc4c(c3)OC(F)(F)O4)C3CC3)c(=O)c3nc[nH]c23)cc1Cl. The standard InChI is InChI=1S/C25H20ClF2N5O6S/c1-40(36,37)11-14-3-2-13(8-17(14)26)21-22-23(30-12-29-22)24(35)32(31-21)10-20(34)33(15-4-5-15)16-6-7-18-19(9-16)39-25(27,28)38-18/h2-3,6-9,12,15H,4-5,10-11H2,1H3,(H,29,30). The Bertz CT molecular complexity index is 1850. The van der Waals surface area contributed by atoms with Gasteiger partial charge in [0.15, 0.2) is 26.9 Å². The van der Waals surface area contributed by atoms with Crippen molar-refractivity contribution in [2.75, 3.05) is 11.2 Å². The summed E-state index contributed by atoms with van der Waals surface area (Å²) in [6, 6.07) is 8.58. The number of aromatic amines is 1. The van der Waals surface area contributed by atoms with Crippen molar-refractivity contribution in [3.05, 3.63) is 63.7 Å². The zero-order valence-electron chi connectivity index (χ0n) is 20.7. The van der Waals surface area contributed by atoms with Crippen molar-refractivity contribution in [3.8, 4) is 22.8 Å². The smallest absolute Gasteiger partial charge is 0.395 e. The maximum Gasteiger partial charge on any atom is 0.586 e. The minimum absolute atomic E-state index is 0.0393. The number of ether oxygens (including phenoxy) is 2. The third-order valence-electron chi connectivity index (χ3n) is 6.41. The van der Waals surface area contributed by atoms with Crippen LogP contribution in [0.4, 0.5) is 14.5 Å². The Morgan fingerprint density at radius 2 is 1.95 bits per heavy atom. The molecule has 0 saturated heterocycles. The Balaban J connectivity index is 1.35. The molecular formula is C25H20ClF2N5O6S. The molecule has 0 spiro atoms. The van der Waals surface area contributed by atoms with Crippen molar-refractivity contribution in [1.82, 2.24) is 19.7 Å². The van der Waals surface area contributed by atoms with Gasteiger partial charge in [0, 0.05) is 34.6 Å². The van der Waals surface area contributed by atoms with E-state index in [2.05, 4.69) is 24.5 Å². The molecule has 40 heavy (non-hydrogen) atoms. The molecule has 4 aromatic rings. The summed E-state index contributed by atoms with van der Waals surface area (Å²) in [6.45, 7) is -0.463. The van der Waals surface area contributed by atoms with E-state index in [0.29, 0.717) is 35.2 Å². The van der Waals surface area contributed by atoms with E-state index in [1.165, 1.54) is 35.5 Å². The fourth-order valence-corrected chi connectivity index (χ4v) is 5.70. The minimum Gasteiger partial charge on any atom is -0.395 e. The van der Waals surface area contributed by atoms with E-state index in [1.54, 1.807) is 12.1 Å². The number of hydrogen-bond donors (Lipinski definition) is 1. The molecule has 1 aliphatic carbocycles. The molecule has 0 unspecified atom stereocenters. The molecule has 6 rings (SSSR count). The van der Waals surface area contributed by atoms with Gasteiger partial charge in [-0.2, -0.15) is 5.10 Å². The van der Waals surface area contributed by atoms with Crippen molar-refractivity contribution in [1.29, 1.82) is 0 Å². The molecule has 1 N–H and O–H groups in total. The van der Waals surface area contributed by atoms with E-state index >= 15 is 0 Å². The van der Waals surface area contributed by atoms with Crippen LogP contribution < -0.4 is 19.9 Å². The van der Waals surface area contributed by atoms with Crippen molar-refractivity contribution >= 4 is 44.1 Å². The van der Waals surface area contributed by atoms with Gasteiger partial charge in [-0.15, -0.1) is 8.78 Å². The highest BCUT2D eigenvalue weighted by Gasteiger charge is 2.44. The first-order valence-electron chi connectivity index (χ1n) is 12.0. The van der Waals surface area contributed by atoms with Crippen LogP contribution in [0, 0.1) is 0 Å². The zero-order chi connectivity index (χ0) is 28.4. The van der Waals surface area contributed by atoms with Gasteiger partial charge < -0.3 is 19.4 Å². The number of sulfone groups is 1. The number of aromatic nitrogens is 4. The van der Waals surface area contributed by atoms with Gasteiger partial charge in [-0.25, -0.2) is 18.1 Å². The minimum atomic E-state index is -3.80. The molecule has 2 aromatic heterocycles. The van der Waals surface area contributed by atoms with Gasteiger partial charge >= 0.3 is 6.29 Å². The fraction of sp³-hybridized carbons (Fsp3) is 0.280. The normalized spacial score (nSPS) is 15.9. The zero-order valence-corrected chi connectivity index (χ0v) is 22.3. The van der Waals surface area contributed by atoms with Gasteiger partial charge in [-0.05, 0) is 36.6 Å². The van der Waals surface area contributed by atoms with Crippen molar-refractivity contribution in [2.24, 2.45) is 0 Å². The molecule has 1 aliphatic heterocycles. The van der Waals surface area contributed by atoms with Crippen LogP contribution in [0.15, 0.2) is 47.5 Å². The molecule has 2 aliphatic rings. The van der Waals surface area contributed by atoms with Crippen LogP contribution in [0.25, 0.3) is 22.3 Å². The lowest BCUT2D eigenvalue weighted by Crippen LogP contribution is -2.39. The second-order valence-electron chi connectivity index (χ2n) is 9.61. The predicted octanol–water partition coefficient (Wildman–Crippen LogP) is 3.50. The summed E-state index contributed by atoms with van der Waals surface area (Å²) in [5, 5.41) is 4.62. The van der Waals surface area contributed by atoms with Gasteiger partial charge in [0.05, 0.1) is 17.6 Å². The highest BCUT2D eigenvalue weighted by Crippen LogP contribution is 2.44. The average molecular weight is 592 g/mol. The second kappa shape index (κ2) is 9.27. The number of alkyl halides is 2. The molecule has 0 bridgehead atoms. The van der Waals surface area contributed by atoms with Crippen LogP contribution in [-0.4, -0.2) is 52.7 Å². The van der Waals surface area contributed by atoms with E-state index in [0.717, 1.165) is 10.9 Å². The van der Waals surface area contributed by atoms with Crippen LogP contribution >= 0.6 is 11.6 Å². The maximum absolute atomic E-state index is 13.5. The molecule has 2 aromatic carbocycles. The van der Waals surface area contributed by atoms with Crippen LogP contribution in [0.2, 0.25) is 5.02 Å². The lowest BCUT2D eigenvalue weighted by molar-refractivity contribution is -0.286. The molecule has 15 heteroatoms. The molecule has 3 heterocycles. The lowest BCUT2D eigenvalue weighted by Gasteiger charge is -2.23. The third-order valence-corrected chi connectivity index (χ3v) is 7.59. The number of fused-ring (bicyclic) bond motifs is 2. The highest BCUT2D eigenvalue weighted by atomic mass is 35.5. The van der Waals surface area contributed by atoms with Crippen LogP contribution in [-0.2, 0) is 26.9 Å². The number of carbonyl (C=O) groups is 1. The van der Waals surface area contributed by atoms with Crippen molar-refractivity contribution < 1.29 is 31.5 Å². The number of imidazole rings is 1. The molecule has 11 nitrogen and oxygen atoms in total. The van der Waals surface area contributed by atoms with Gasteiger partial charge in [0.1, 0.15) is 12.2 Å². The number of benzene rings is 2. The molecule has 208 valence electrons. The van der Waals surface area contributed by atoms with Crippen LogP contribution in [0.5, 0.6) is 11.5 Å². The number of nitrogens with one attached hydrogen (secondary N) is 1. The highest BCUT2D eigenvalue weighted by molar-refractivity contribution is 7.89. The van der Waals surface area contributed by atoms with E-state index in [9.17, 15) is 26.8 Å². The topological polar surface area (TPSA) is 136 Å². The number of nitrogens with zero attached hydrogens (tertiary/aromatic N) is 4. The first kappa shape index (κ1) is 26.2. The Labute approximate surface area is 230 Å². The van der Waals surface area contributed by atoms with Crippen LogP contribution in [0.3, 0.4) is 0 Å². The number of anilines is 1. The largest absolute Gasteiger partial charge is 0.586 e. The number of amides is 1. The summed E-state index contributed by atoms with van der Waals surface area (Å²) in [7, 11) is -3.33. The Morgan fingerprint density at radius 3 is 2.65 bits per heavy atom. The summed E-state index contributed by atoms with van der Waals surface area (Å²) < 4.78 is 60.4. The van der Waals surface area contributed by atoms with Gasteiger partial charge in [0.25, 0.3) is 5.56 Å². The summed E-state index contributed by atoms with van der Waals surface area (Å²) in [6.07, 6.45) is 0.0146. The Kier molecular flexibility index (Phi) is 6.07. The summed E-state index contributed by atoms with van der Waals surface area (Å²) in [5.41, 5.74) is 1.20. The van der Waals surface area contributed by atoms with E-state index in [-0.39, 0.29) is 39.5 Å². The first-order valence-corrected chi connectivity index (χ1v) is 14.4. The van der Waals surface area contributed by atoms with Gasteiger partial charge in [-0.3, -0.25) is 9.59 Å². The maximum atomic E-state index is 13.5. The predicted molar refractivity (Wildman–Crippen MR) is 140 cm³/mol. The lowest BCUT2D eigenvalue weighted by atomic mass is 10.1. The van der Waals surface area contributed by atoms with E-state index in [1.807, 2.05) is 0 Å². The Morgan fingerprint density at radius 1 is 1.20 bits per heavy atom. The molecule has 0 radical (unpaired) electrons. The van der Waals surface area contributed by atoms with E-state index in [4.69, 9.17) is 11.6 Å². The van der Waals surface area contributed by atoms with Crippen LogP contribution in [0.1, 0.15) is 18.4 Å². The third kappa shape index (κ3) is 4.99. The second-order valence-corrected chi connectivity index (χ2v) is 12.2. The Hall–Kier alpha value is -4.04. The number of H-pyrrole nitrogens is 1. The number of carbonyl (C=O) groups excluding carboxylic acids is 1. The van der Waals surface area contributed by atoms with Crippen molar-refractivity contribution in [2.45, 2.75) is 37.5 Å². The van der Waals surface area contributed by atoms with Crippen molar-refractivity contribution in [3.63, 3.8) is 0 Å². The molecule has 1 fully saturated rings. The molecule has 0 atom stereocenters. The molecule has 1 amide bonds. The summed E-state index contributed by atoms with van der Waals surface area (Å²) >= 11 is 6.36. The van der Waals surface area contributed by atoms with Gasteiger partial charge in [-0.1, -0.05) is 23.7 Å². The number of rotatable bonds is 7. The fourth-order valence-electron chi connectivity index (χ4n) is 4.56.